The van der Waals surface area contributed by atoms with Crippen molar-refractivity contribution in [1.29, 1.82) is 0 Å². The van der Waals surface area contributed by atoms with Gasteiger partial charge >= 0.3 is 0 Å². The molecule has 0 N–H and O–H groups in total. The number of benzene rings is 4. The highest BCUT2D eigenvalue weighted by atomic mass is 16.4. The van der Waals surface area contributed by atoms with Crippen LogP contribution in [0, 0.1) is 41.5 Å². The predicted octanol–water partition coefficient (Wildman–Crippen LogP) is 15.9. The third-order valence-electron chi connectivity index (χ3n) is 13.3. The second-order valence-electron chi connectivity index (χ2n) is 19.7. The van der Waals surface area contributed by atoms with E-state index in [-0.39, 0.29) is 35.6 Å². The maximum atomic E-state index is 8.13. The van der Waals surface area contributed by atoms with Crippen molar-refractivity contribution in [2.24, 2.45) is 28.2 Å². The summed E-state index contributed by atoms with van der Waals surface area (Å²) in [7, 11) is 7.99. The molecule has 12 nitrogen and oxygen atoms in total. The van der Waals surface area contributed by atoms with Gasteiger partial charge in [0.25, 0.3) is 0 Å². The summed E-state index contributed by atoms with van der Waals surface area (Å²) in [5.41, 5.74) is 20.3. The van der Waals surface area contributed by atoms with E-state index in [9.17, 15) is 0 Å². The van der Waals surface area contributed by atoms with Crippen LogP contribution in [0.1, 0.15) is 120 Å². The van der Waals surface area contributed by atoms with Crippen molar-refractivity contribution in [1.82, 2.24) is 19.9 Å². The highest BCUT2D eigenvalue weighted by molar-refractivity contribution is 5.79. The highest BCUT2D eigenvalue weighted by Crippen LogP contribution is 2.29. The van der Waals surface area contributed by atoms with Crippen molar-refractivity contribution < 1.29 is 41.4 Å². The number of fused-ring (bicyclic) bond motifs is 4. The van der Waals surface area contributed by atoms with E-state index >= 15 is 0 Å². The quantitative estimate of drug-likeness (QED) is 0.151. The Balaban J connectivity index is 0.000000203. The molecule has 0 aliphatic carbocycles. The first-order valence-corrected chi connectivity index (χ1v) is 25.4. The molecule has 0 aliphatic heterocycles. The molecule has 0 spiro atoms. The van der Waals surface area contributed by atoms with Crippen molar-refractivity contribution in [2.45, 2.75) is 111 Å². The summed E-state index contributed by atoms with van der Waals surface area (Å²) in [4.78, 5) is 17.6. The fourth-order valence-electron chi connectivity index (χ4n) is 9.23. The number of aromatic nitrogens is 8. The molecule has 8 heterocycles. The smallest absolute Gasteiger partial charge is 0.218 e. The summed E-state index contributed by atoms with van der Waals surface area (Å²) in [6.07, 6.45) is 7.74. The van der Waals surface area contributed by atoms with Crippen LogP contribution < -0.4 is 18.3 Å². The molecule has 0 saturated carbocycles. The van der Waals surface area contributed by atoms with Gasteiger partial charge in [-0.05, 0) is 74.2 Å². The summed E-state index contributed by atoms with van der Waals surface area (Å²) in [5, 5.41) is 0. The first-order valence-electron chi connectivity index (χ1n) is 27.4. The SMILES string of the molecule is C.C.C.C.Cc1ccccc1-c1cc2nc(C(C)C)oc2c[n+]1C.Cc1nc2cc(-c3ccccc3C)[n+](C)cc2o1.Cc1nc2cc(-c3ccccc3C)[n+](C)cc2o1.[2H]C([2H])([2H])C([2H])(C)c1nc2cc(-c3ccccc3C)[n+](C)cc2o1. The summed E-state index contributed by atoms with van der Waals surface area (Å²) in [6, 6.07) is 41.2. The Morgan fingerprint density at radius 3 is 0.938 bits per heavy atom. The Hall–Kier alpha value is -8.64. The van der Waals surface area contributed by atoms with E-state index in [1.165, 1.54) is 40.3 Å². The number of rotatable bonds is 6. The van der Waals surface area contributed by atoms with Crippen LogP contribution >= 0.6 is 0 Å². The molecule has 12 rings (SSSR count). The van der Waals surface area contributed by atoms with E-state index in [0.717, 1.165) is 73.1 Å². The topological polar surface area (TPSA) is 120 Å². The predicted molar refractivity (Wildman–Crippen MR) is 326 cm³/mol. The molecule has 0 amide bonds. The molecular formula is C68H84N8O4+4. The lowest BCUT2D eigenvalue weighted by molar-refractivity contribution is -0.659. The van der Waals surface area contributed by atoms with Gasteiger partial charge in [-0.25, -0.2) is 19.9 Å². The van der Waals surface area contributed by atoms with Crippen LogP contribution in [0.5, 0.6) is 0 Å². The molecule has 0 saturated heterocycles. The third-order valence-corrected chi connectivity index (χ3v) is 13.3. The van der Waals surface area contributed by atoms with Crippen molar-refractivity contribution >= 4 is 44.4 Å². The average molecular weight is 1080 g/mol. The number of nitrogens with zero attached hydrogens (tertiary/aromatic N) is 8. The number of hydrogen-bond donors (Lipinski definition) is 0. The van der Waals surface area contributed by atoms with Gasteiger partial charge in [-0.1, -0.05) is 130 Å². The maximum absolute atomic E-state index is 8.13. The van der Waals surface area contributed by atoms with E-state index < -0.39 is 12.7 Å². The van der Waals surface area contributed by atoms with E-state index in [1.807, 2.05) is 102 Å². The van der Waals surface area contributed by atoms with Gasteiger partial charge in [0, 0.05) is 77.7 Å². The van der Waals surface area contributed by atoms with Crippen LogP contribution in [0.3, 0.4) is 0 Å². The Morgan fingerprint density at radius 1 is 0.388 bits per heavy atom. The fraction of sp³-hybridized carbons (Fsp3) is 0.294. The van der Waals surface area contributed by atoms with E-state index in [1.54, 1.807) is 6.20 Å². The molecule has 8 aromatic heterocycles. The van der Waals surface area contributed by atoms with Gasteiger partial charge < -0.3 is 17.7 Å². The van der Waals surface area contributed by atoms with E-state index in [4.69, 9.17) is 23.2 Å². The van der Waals surface area contributed by atoms with Gasteiger partial charge in [0.2, 0.25) is 69.9 Å². The number of oxazole rings is 4. The van der Waals surface area contributed by atoms with Gasteiger partial charge in [0.1, 0.15) is 50.3 Å². The molecule has 1 unspecified atom stereocenters. The van der Waals surface area contributed by atoms with Gasteiger partial charge in [-0.15, -0.1) is 0 Å². The molecule has 0 bridgehead atoms. The number of hydrogen-bond acceptors (Lipinski definition) is 8. The molecular weight excluding hydrogens is 993 g/mol. The van der Waals surface area contributed by atoms with Gasteiger partial charge in [0.15, 0.2) is 23.6 Å². The van der Waals surface area contributed by atoms with Gasteiger partial charge in [-0.2, -0.15) is 18.3 Å². The average Bonchev–Trinajstić information content (AvgIpc) is 4.39. The van der Waals surface area contributed by atoms with Crippen LogP contribution in [0.2, 0.25) is 0 Å². The van der Waals surface area contributed by atoms with Gasteiger partial charge in [-0.3, -0.25) is 0 Å². The largest absolute Gasteiger partial charge is 0.435 e. The minimum Gasteiger partial charge on any atom is -0.435 e. The second-order valence-corrected chi connectivity index (χ2v) is 19.7. The Morgan fingerprint density at radius 2 is 0.650 bits per heavy atom. The van der Waals surface area contributed by atoms with Crippen LogP contribution in [-0.4, -0.2) is 19.9 Å². The molecule has 80 heavy (non-hydrogen) atoms. The van der Waals surface area contributed by atoms with E-state index in [2.05, 4.69) is 159 Å². The third kappa shape index (κ3) is 13.4. The van der Waals surface area contributed by atoms with Crippen molar-refractivity contribution in [3.63, 3.8) is 0 Å². The lowest BCUT2D eigenvalue weighted by Crippen LogP contribution is -2.30. The zero-order valence-electron chi connectivity index (χ0n) is 49.6. The summed E-state index contributed by atoms with van der Waals surface area (Å²) in [5.74, 6) is 0.503. The van der Waals surface area contributed by atoms with Gasteiger partial charge in [0.05, 0.1) is 0 Å². The lowest BCUT2D eigenvalue weighted by Gasteiger charge is -2.03. The first kappa shape index (κ1) is 56.1. The number of pyridine rings is 4. The highest BCUT2D eigenvalue weighted by Gasteiger charge is 2.22. The van der Waals surface area contributed by atoms with E-state index in [0.29, 0.717) is 28.8 Å². The molecule has 4 aromatic carbocycles. The molecule has 0 aliphatic rings. The number of aryl methyl sites for hydroxylation is 10. The lowest BCUT2D eigenvalue weighted by atomic mass is 10.0. The van der Waals surface area contributed by atoms with Crippen LogP contribution in [0.4, 0.5) is 0 Å². The second kappa shape index (κ2) is 26.3. The van der Waals surface area contributed by atoms with Crippen molar-refractivity contribution in [3.05, 3.63) is 192 Å². The molecule has 1 atom stereocenters. The minimum absolute atomic E-state index is 0. The standard InChI is InChI=1S/2C17H19N2O.2C15H15N2O.4CH4/c2*1-11(2)17-18-14-9-15(19(4)10-16(14)20-17)13-8-6-5-7-12(13)3;2*1-10-6-4-5-7-12(10)14-8-13-15(9-17(14)3)18-11(2)16-13;;;;/h2*5-11H,1-4H3;2*4-9H,1-3H3;4*1H4/q4*+1;;;;/i1D3,11D;;;;;;;. The summed E-state index contributed by atoms with van der Waals surface area (Å²) in [6.45, 7) is 15.1. The summed E-state index contributed by atoms with van der Waals surface area (Å²) < 4.78 is 61.4. The summed E-state index contributed by atoms with van der Waals surface area (Å²) >= 11 is 0. The molecule has 12 aromatic rings. The van der Waals surface area contributed by atoms with Crippen LogP contribution in [0.25, 0.3) is 89.4 Å². The monoisotopic (exact) mass is 1080 g/mol. The Labute approximate surface area is 479 Å². The normalized spacial score (nSPS) is 12.3. The minimum atomic E-state index is -2.52. The maximum Gasteiger partial charge on any atom is 0.218 e. The molecule has 416 valence electrons. The zero-order valence-corrected chi connectivity index (χ0v) is 45.6. The van der Waals surface area contributed by atoms with Crippen LogP contribution in [-0.2, 0) is 28.2 Å². The Bertz CT molecular complexity index is 4100. The molecule has 12 heteroatoms. The Kier molecular flexibility index (Phi) is 18.5. The first-order chi connectivity index (χ1) is 38.0. The molecule has 0 radical (unpaired) electrons. The van der Waals surface area contributed by atoms with Crippen molar-refractivity contribution in [2.75, 3.05) is 0 Å². The van der Waals surface area contributed by atoms with Crippen molar-refractivity contribution in [3.8, 4) is 45.0 Å². The molecule has 0 fully saturated rings. The fourth-order valence-corrected chi connectivity index (χ4v) is 9.23. The zero-order chi connectivity index (χ0) is 57.4. The van der Waals surface area contributed by atoms with Crippen LogP contribution in [0.15, 0.2) is 164 Å².